The topological polar surface area (TPSA) is 135 Å². The first-order valence-electron chi connectivity index (χ1n) is 26.8. The van der Waals surface area contributed by atoms with Gasteiger partial charge in [0.05, 0.1) is 19.8 Å². The molecule has 67 heavy (non-hydrogen) atoms. The molecule has 6 atom stereocenters. The Labute approximate surface area is 409 Å². The number of carbonyl (C=O) groups is 1. The van der Waals surface area contributed by atoms with E-state index in [-0.39, 0.29) is 19.2 Å². The molecule has 0 aromatic carbocycles. The van der Waals surface area contributed by atoms with Crippen LogP contribution in [0.2, 0.25) is 0 Å². The van der Waals surface area contributed by atoms with Crippen molar-refractivity contribution in [2.45, 2.75) is 237 Å². The van der Waals surface area contributed by atoms with E-state index in [1.807, 2.05) is 0 Å². The number of hydrogen-bond donors (Lipinski definition) is 4. The standard InChI is InChI=1S/C58H98O9/c1-3-5-7-9-11-13-15-17-19-21-23-24-25-26-27-28-29-30-32-34-36-38-40-42-44-46-48-64-50-52(51-65-58-57(63)56(62)55(61)53(49-59)67-58)66-54(60)47-45-43-41-39-37-35-33-31-22-20-18-16-14-12-10-8-6-4-2/h5,7,11,13,17,19-20,22-24,26-27,29-30,34,36,52-53,55-59,61-63H,3-4,6,8-10,12,14-16,18,21,25,28,31-33,35,37-51H2,1-2H3/b7-5-,13-11-,19-17-,22-20-,24-23-,27-26-,30-29-,36-34-. The van der Waals surface area contributed by atoms with E-state index in [9.17, 15) is 25.2 Å². The van der Waals surface area contributed by atoms with Gasteiger partial charge in [-0.1, -0.05) is 195 Å². The van der Waals surface area contributed by atoms with Crippen LogP contribution in [0.1, 0.15) is 200 Å². The van der Waals surface area contributed by atoms with Crippen molar-refractivity contribution in [3.63, 3.8) is 0 Å². The average Bonchev–Trinajstić information content (AvgIpc) is 3.33. The van der Waals surface area contributed by atoms with Gasteiger partial charge in [0.1, 0.15) is 30.5 Å². The van der Waals surface area contributed by atoms with Crippen LogP contribution in [0.5, 0.6) is 0 Å². The molecule has 0 aromatic heterocycles. The van der Waals surface area contributed by atoms with Crippen molar-refractivity contribution < 1.29 is 44.2 Å². The minimum atomic E-state index is -1.55. The van der Waals surface area contributed by atoms with Crippen molar-refractivity contribution in [1.82, 2.24) is 0 Å². The van der Waals surface area contributed by atoms with Gasteiger partial charge in [-0.15, -0.1) is 0 Å². The van der Waals surface area contributed by atoms with Crippen molar-refractivity contribution in [1.29, 1.82) is 0 Å². The molecular formula is C58H98O9. The molecule has 1 fully saturated rings. The molecule has 384 valence electrons. The number of rotatable bonds is 45. The number of aliphatic hydroxyl groups excluding tert-OH is 4. The van der Waals surface area contributed by atoms with Crippen molar-refractivity contribution in [3.8, 4) is 0 Å². The number of esters is 1. The highest BCUT2D eigenvalue weighted by Gasteiger charge is 2.44. The Bertz CT molecular complexity index is 1350. The Morgan fingerprint density at radius 1 is 0.493 bits per heavy atom. The summed E-state index contributed by atoms with van der Waals surface area (Å²) < 4.78 is 22.9. The average molecular weight is 939 g/mol. The fourth-order valence-corrected chi connectivity index (χ4v) is 7.58. The first-order chi connectivity index (χ1) is 32.9. The molecule has 1 rings (SSSR count). The van der Waals surface area contributed by atoms with E-state index in [4.69, 9.17) is 18.9 Å². The Morgan fingerprint density at radius 2 is 0.910 bits per heavy atom. The van der Waals surface area contributed by atoms with Crippen LogP contribution in [0, 0.1) is 0 Å². The second kappa shape index (κ2) is 48.1. The number of allylic oxidation sites excluding steroid dienone is 16. The van der Waals surface area contributed by atoms with Crippen LogP contribution in [0.4, 0.5) is 0 Å². The third-order valence-electron chi connectivity index (χ3n) is 11.7. The Balaban J connectivity index is 2.23. The highest BCUT2D eigenvalue weighted by Crippen LogP contribution is 2.22. The molecule has 1 aliphatic heterocycles. The van der Waals surface area contributed by atoms with Crippen molar-refractivity contribution in [2.75, 3.05) is 26.4 Å². The maximum atomic E-state index is 12.8. The maximum absolute atomic E-state index is 12.8. The van der Waals surface area contributed by atoms with Crippen molar-refractivity contribution in [3.05, 3.63) is 97.2 Å². The molecule has 4 N–H and O–H groups in total. The second-order valence-corrected chi connectivity index (χ2v) is 17.9. The van der Waals surface area contributed by atoms with Gasteiger partial charge < -0.3 is 39.4 Å². The lowest BCUT2D eigenvalue weighted by Crippen LogP contribution is -2.59. The summed E-state index contributed by atoms with van der Waals surface area (Å²) in [4.78, 5) is 12.8. The zero-order valence-corrected chi connectivity index (χ0v) is 42.4. The molecular weight excluding hydrogens is 841 g/mol. The van der Waals surface area contributed by atoms with Gasteiger partial charge in [0, 0.05) is 13.0 Å². The molecule has 0 amide bonds. The molecule has 0 saturated carbocycles. The van der Waals surface area contributed by atoms with Crippen LogP contribution in [0.15, 0.2) is 97.2 Å². The quantitative estimate of drug-likeness (QED) is 0.0267. The summed E-state index contributed by atoms with van der Waals surface area (Å²) >= 11 is 0. The molecule has 9 heteroatoms. The fourth-order valence-electron chi connectivity index (χ4n) is 7.58. The first-order valence-corrected chi connectivity index (χ1v) is 26.8. The van der Waals surface area contributed by atoms with Crippen LogP contribution in [-0.2, 0) is 23.7 Å². The summed E-state index contributed by atoms with van der Waals surface area (Å²) in [5.41, 5.74) is 0. The summed E-state index contributed by atoms with van der Waals surface area (Å²) in [6.45, 7) is 4.37. The number of ether oxygens (including phenoxy) is 4. The number of unbranched alkanes of at least 4 members (excludes halogenated alkanes) is 18. The lowest BCUT2D eigenvalue weighted by Gasteiger charge is -2.39. The Morgan fingerprint density at radius 3 is 1.39 bits per heavy atom. The van der Waals surface area contributed by atoms with E-state index in [0.717, 1.165) is 96.3 Å². The van der Waals surface area contributed by atoms with Crippen molar-refractivity contribution >= 4 is 5.97 Å². The summed E-state index contributed by atoms with van der Waals surface area (Å²) in [5.74, 6) is -0.330. The smallest absolute Gasteiger partial charge is 0.306 e. The zero-order valence-electron chi connectivity index (χ0n) is 42.4. The molecule has 1 saturated heterocycles. The molecule has 0 bridgehead atoms. The predicted octanol–water partition coefficient (Wildman–Crippen LogP) is 13.5. The third kappa shape index (κ3) is 38.6. The van der Waals surface area contributed by atoms with E-state index in [1.165, 1.54) is 83.5 Å². The van der Waals surface area contributed by atoms with Gasteiger partial charge in [-0.25, -0.2) is 0 Å². The summed E-state index contributed by atoms with van der Waals surface area (Å²) in [6.07, 6.45) is 60.1. The first kappa shape index (κ1) is 62.1. The van der Waals surface area contributed by atoms with Gasteiger partial charge >= 0.3 is 5.97 Å². The van der Waals surface area contributed by atoms with Crippen LogP contribution in [0.25, 0.3) is 0 Å². The van der Waals surface area contributed by atoms with Crippen LogP contribution >= 0.6 is 0 Å². The van der Waals surface area contributed by atoms with E-state index in [0.29, 0.717) is 13.0 Å². The maximum Gasteiger partial charge on any atom is 0.306 e. The monoisotopic (exact) mass is 939 g/mol. The molecule has 9 nitrogen and oxygen atoms in total. The van der Waals surface area contributed by atoms with Gasteiger partial charge in [0.15, 0.2) is 6.29 Å². The summed E-state index contributed by atoms with van der Waals surface area (Å²) in [7, 11) is 0. The Hall–Kier alpha value is -2.89. The van der Waals surface area contributed by atoms with Crippen LogP contribution in [0.3, 0.4) is 0 Å². The summed E-state index contributed by atoms with van der Waals surface area (Å²) in [6, 6.07) is 0. The zero-order chi connectivity index (χ0) is 48.5. The van der Waals surface area contributed by atoms with E-state index in [2.05, 4.69) is 111 Å². The van der Waals surface area contributed by atoms with Crippen molar-refractivity contribution in [2.24, 2.45) is 0 Å². The predicted molar refractivity (Wildman–Crippen MR) is 279 cm³/mol. The van der Waals surface area contributed by atoms with E-state index < -0.39 is 43.4 Å². The fraction of sp³-hybridized carbons (Fsp3) is 0.707. The molecule has 6 unspecified atom stereocenters. The molecule has 1 heterocycles. The molecule has 1 aliphatic rings. The largest absolute Gasteiger partial charge is 0.457 e. The van der Waals surface area contributed by atoms with Gasteiger partial charge in [0.25, 0.3) is 0 Å². The van der Waals surface area contributed by atoms with Gasteiger partial charge in [-0.05, 0) is 96.3 Å². The van der Waals surface area contributed by atoms with Crippen LogP contribution < -0.4 is 0 Å². The minimum Gasteiger partial charge on any atom is -0.457 e. The molecule has 0 spiro atoms. The lowest BCUT2D eigenvalue weighted by atomic mass is 9.99. The molecule has 0 radical (unpaired) electrons. The van der Waals surface area contributed by atoms with Gasteiger partial charge in [-0.2, -0.15) is 0 Å². The SMILES string of the molecule is CC/C=C\C/C=C\C/C=C\C/C=C\C/C=C\C/C=C\C/C=C\CCCCCCOCC(COC1OC(CO)C(O)C(O)C1O)OC(=O)CCCCCCCCC/C=C\CCCCCCCCC. The third-order valence-corrected chi connectivity index (χ3v) is 11.7. The van der Waals surface area contributed by atoms with Gasteiger partial charge in [-0.3, -0.25) is 4.79 Å². The highest BCUT2D eigenvalue weighted by molar-refractivity contribution is 5.69. The van der Waals surface area contributed by atoms with E-state index in [1.54, 1.807) is 0 Å². The Kier molecular flexibility index (Phi) is 44.6. The normalized spacial score (nSPS) is 20.0. The number of carbonyl (C=O) groups excluding carboxylic acids is 1. The molecule has 0 aromatic rings. The second-order valence-electron chi connectivity index (χ2n) is 17.9. The van der Waals surface area contributed by atoms with E-state index >= 15 is 0 Å². The summed E-state index contributed by atoms with van der Waals surface area (Å²) in [5, 5.41) is 40.3. The highest BCUT2D eigenvalue weighted by atomic mass is 16.7. The minimum absolute atomic E-state index is 0.120. The van der Waals surface area contributed by atoms with Crippen LogP contribution in [-0.4, -0.2) is 89.6 Å². The number of aliphatic hydroxyl groups is 4. The molecule has 0 aliphatic carbocycles. The lowest BCUT2D eigenvalue weighted by molar-refractivity contribution is -0.305. The number of hydrogen-bond acceptors (Lipinski definition) is 9. The van der Waals surface area contributed by atoms with Gasteiger partial charge in [0.2, 0.25) is 0 Å².